The molecular weight excluding hydrogens is 440 g/mol. The monoisotopic (exact) mass is 474 g/mol. The Morgan fingerprint density at radius 2 is 1.66 bits per heavy atom. The normalized spacial score (nSPS) is 16.2. The Balaban J connectivity index is 1.20. The van der Waals surface area contributed by atoms with Gasteiger partial charge in [0.05, 0.1) is 18.9 Å². The van der Waals surface area contributed by atoms with Crippen molar-refractivity contribution in [1.29, 1.82) is 0 Å². The lowest BCUT2D eigenvalue weighted by Gasteiger charge is -2.36. The molecule has 0 saturated carbocycles. The zero-order valence-corrected chi connectivity index (χ0v) is 20.7. The number of nitrogens with zero attached hydrogens (tertiary/aromatic N) is 6. The Hall–Kier alpha value is -3.39. The van der Waals surface area contributed by atoms with Crippen LogP contribution in [0.1, 0.15) is 30.7 Å². The number of benzene rings is 1. The molecular formula is C27H34N6O2. The van der Waals surface area contributed by atoms with Gasteiger partial charge in [-0.05, 0) is 43.7 Å². The van der Waals surface area contributed by atoms with E-state index in [0.29, 0.717) is 13.2 Å². The third-order valence-corrected chi connectivity index (χ3v) is 6.55. The molecule has 8 nitrogen and oxygen atoms in total. The minimum absolute atomic E-state index is 0.623. The molecule has 4 heterocycles. The van der Waals surface area contributed by atoms with Crippen molar-refractivity contribution in [2.45, 2.75) is 33.4 Å². The maximum Gasteiger partial charge on any atom is 0.225 e. The summed E-state index contributed by atoms with van der Waals surface area (Å²) in [5.41, 5.74) is 3.63. The zero-order chi connectivity index (χ0) is 24.0. The van der Waals surface area contributed by atoms with E-state index in [1.54, 1.807) is 0 Å². The summed E-state index contributed by atoms with van der Waals surface area (Å²) in [6.07, 6.45) is 4.82. The fraction of sp³-hybridized carbons (Fsp3) is 0.444. The number of hydrogen-bond acceptors (Lipinski definition) is 8. The Kier molecular flexibility index (Phi) is 7.28. The predicted octanol–water partition coefficient (Wildman–Crippen LogP) is 3.55. The summed E-state index contributed by atoms with van der Waals surface area (Å²) >= 11 is 0. The summed E-state index contributed by atoms with van der Waals surface area (Å²) in [5, 5.41) is 0. The van der Waals surface area contributed by atoms with Gasteiger partial charge in [-0.3, -0.25) is 4.90 Å². The zero-order valence-electron chi connectivity index (χ0n) is 20.7. The molecule has 0 N–H and O–H groups in total. The molecule has 3 aromatic rings. The van der Waals surface area contributed by atoms with Crippen molar-refractivity contribution in [1.82, 2.24) is 19.9 Å². The summed E-state index contributed by atoms with van der Waals surface area (Å²) in [6, 6.07) is 12.3. The molecule has 0 atom stereocenters. The second-order valence-electron chi connectivity index (χ2n) is 8.91. The lowest BCUT2D eigenvalue weighted by atomic mass is 10.1. The number of piperazine rings is 1. The van der Waals surface area contributed by atoms with Crippen LogP contribution in [0.2, 0.25) is 0 Å². The van der Waals surface area contributed by atoms with E-state index in [-0.39, 0.29) is 0 Å². The smallest absolute Gasteiger partial charge is 0.225 e. The van der Waals surface area contributed by atoms with Crippen molar-refractivity contribution in [3.8, 4) is 11.5 Å². The van der Waals surface area contributed by atoms with Gasteiger partial charge in [-0.25, -0.2) is 15.0 Å². The number of hydrogen-bond donors (Lipinski definition) is 0. The molecule has 184 valence electrons. The van der Waals surface area contributed by atoms with E-state index in [9.17, 15) is 0 Å². The molecule has 35 heavy (non-hydrogen) atoms. The van der Waals surface area contributed by atoms with E-state index in [4.69, 9.17) is 19.4 Å². The van der Waals surface area contributed by atoms with Gasteiger partial charge in [-0.1, -0.05) is 12.1 Å². The molecule has 2 aliphatic heterocycles. The first kappa shape index (κ1) is 23.4. The highest BCUT2D eigenvalue weighted by Crippen LogP contribution is 2.30. The van der Waals surface area contributed by atoms with Crippen molar-refractivity contribution in [3.05, 3.63) is 65.6 Å². The minimum atomic E-state index is 0.623. The number of fused-ring (bicyclic) bond motifs is 1. The first-order valence-electron chi connectivity index (χ1n) is 12.6. The molecule has 1 fully saturated rings. The molecule has 2 aliphatic rings. The quantitative estimate of drug-likeness (QED) is 0.491. The van der Waals surface area contributed by atoms with Crippen molar-refractivity contribution >= 4 is 11.8 Å². The Labute approximate surface area is 207 Å². The van der Waals surface area contributed by atoms with Crippen LogP contribution in [-0.4, -0.2) is 65.8 Å². The number of anilines is 2. The van der Waals surface area contributed by atoms with E-state index < -0.39 is 0 Å². The lowest BCUT2D eigenvalue weighted by molar-refractivity contribution is 0.241. The van der Waals surface area contributed by atoms with Crippen LogP contribution in [0.15, 0.2) is 48.8 Å². The number of aromatic nitrogens is 3. The highest BCUT2D eigenvalue weighted by molar-refractivity contribution is 5.44. The van der Waals surface area contributed by atoms with Crippen LogP contribution in [0.4, 0.5) is 11.8 Å². The number of rotatable bonds is 8. The highest BCUT2D eigenvalue weighted by atomic mass is 16.5. The first-order chi connectivity index (χ1) is 17.2. The standard InChI is InChI=1S/C27H34N6O2/c1-3-34-24-9-8-21(17-25(24)35-4-2)19-31-12-10-23-22(20-31)18-29-27(30-23)33-15-13-32(14-16-33)26-7-5-6-11-28-26/h5-9,11,17-18H,3-4,10,12-16,19-20H2,1-2H3. The Morgan fingerprint density at radius 3 is 2.43 bits per heavy atom. The van der Waals surface area contributed by atoms with Crippen LogP contribution >= 0.6 is 0 Å². The van der Waals surface area contributed by atoms with Crippen LogP contribution in [0, 0.1) is 0 Å². The maximum absolute atomic E-state index is 5.80. The largest absolute Gasteiger partial charge is 0.490 e. The SMILES string of the molecule is CCOc1ccc(CN2CCc3nc(N4CCN(c5ccccn5)CC4)ncc3C2)cc1OCC. The minimum Gasteiger partial charge on any atom is -0.490 e. The van der Waals surface area contributed by atoms with E-state index in [0.717, 1.165) is 75.5 Å². The van der Waals surface area contributed by atoms with Crippen molar-refractivity contribution in [2.75, 3.05) is 55.7 Å². The Bertz CT molecular complexity index is 1120. The van der Waals surface area contributed by atoms with Gasteiger partial charge >= 0.3 is 0 Å². The maximum atomic E-state index is 5.80. The van der Waals surface area contributed by atoms with Gasteiger partial charge in [-0.15, -0.1) is 0 Å². The van der Waals surface area contributed by atoms with Gasteiger partial charge in [0.1, 0.15) is 5.82 Å². The molecule has 8 heteroatoms. The molecule has 0 bridgehead atoms. The van der Waals surface area contributed by atoms with Crippen molar-refractivity contribution in [2.24, 2.45) is 0 Å². The molecule has 0 aliphatic carbocycles. The van der Waals surface area contributed by atoms with Gasteiger partial charge in [-0.2, -0.15) is 0 Å². The van der Waals surface area contributed by atoms with Gasteiger partial charge < -0.3 is 19.3 Å². The van der Waals surface area contributed by atoms with Gasteiger partial charge in [0.25, 0.3) is 0 Å². The van der Waals surface area contributed by atoms with Gasteiger partial charge in [0.2, 0.25) is 5.95 Å². The topological polar surface area (TPSA) is 66.9 Å². The Morgan fingerprint density at radius 1 is 0.857 bits per heavy atom. The predicted molar refractivity (Wildman–Crippen MR) is 137 cm³/mol. The van der Waals surface area contributed by atoms with Gasteiger partial charge in [0.15, 0.2) is 11.5 Å². The van der Waals surface area contributed by atoms with Crippen LogP contribution in [0.3, 0.4) is 0 Å². The molecule has 5 rings (SSSR count). The summed E-state index contributed by atoms with van der Waals surface area (Å²) < 4.78 is 11.5. The summed E-state index contributed by atoms with van der Waals surface area (Å²) in [5.74, 6) is 3.52. The molecule has 0 unspecified atom stereocenters. The summed E-state index contributed by atoms with van der Waals surface area (Å²) in [7, 11) is 0. The number of ether oxygens (including phenoxy) is 2. The average Bonchev–Trinajstić information content (AvgIpc) is 2.91. The van der Waals surface area contributed by atoms with Gasteiger partial charge in [0, 0.05) is 70.2 Å². The molecule has 1 saturated heterocycles. The summed E-state index contributed by atoms with van der Waals surface area (Å²) in [6.45, 7) is 11.6. The molecule has 0 radical (unpaired) electrons. The van der Waals surface area contributed by atoms with Crippen LogP contribution < -0.4 is 19.3 Å². The van der Waals surface area contributed by atoms with E-state index in [1.807, 2.05) is 44.4 Å². The van der Waals surface area contributed by atoms with Crippen LogP contribution in [-0.2, 0) is 19.5 Å². The van der Waals surface area contributed by atoms with Crippen LogP contribution in [0.5, 0.6) is 11.5 Å². The van der Waals surface area contributed by atoms with E-state index >= 15 is 0 Å². The second kappa shape index (κ2) is 10.9. The van der Waals surface area contributed by atoms with E-state index in [1.165, 1.54) is 16.8 Å². The fourth-order valence-corrected chi connectivity index (χ4v) is 4.78. The molecule has 2 aromatic heterocycles. The summed E-state index contributed by atoms with van der Waals surface area (Å²) in [4.78, 5) is 21.3. The molecule has 1 aromatic carbocycles. The first-order valence-corrected chi connectivity index (χ1v) is 12.6. The van der Waals surface area contributed by atoms with Crippen molar-refractivity contribution in [3.63, 3.8) is 0 Å². The molecule has 0 amide bonds. The molecule has 0 spiro atoms. The second-order valence-corrected chi connectivity index (χ2v) is 8.91. The fourth-order valence-electron chi connectivity index (χ4n) is 4.78. The third kappa shape index (κ3) is 5.48. The average molecular weight is 475 g/mol. The van der Waals surface area contributed by atoms with Crippen molar-refractivity contribution < 1.29 is 9.47 Å². The lowest BCUT2D eigenvalue weighted by Crippen LogP contribution is -2.47. The van der Waals surface area contributed by atoms with Crippen LogP contribution in [0.25, 0.3) is 0 Å². The highest BCUT2D eigenvalue weighted by Gasteiger charge is 2.23. The number of pyridine rings is 1. The third-order valence-electron chi connectivity index (χ3n) is 6.55. The van der Waals surface area contributed by atoms with E-state index in [2.05, 4.69) is 37.9 Å².